The van der Waals surface area contributed by atoms with Crippen LogP contribution in [0.2, 0.25) is 10.0 Å². The first kappa shape index (κ1) is 49.4. The van der Waals surface area contributed by atoms with Crippen molar-refractivity contribution in [3.05, 3.63) is 154 Å². The van der Waals surface area contributed by atoms with Crippen LogP contribution in [0.25, 0.3) is 0 Å². The molecule has 64 heavy (non-hydrogen) atoms. The largest absolute Gasteiger partial charge is 0.490 e. The van der Waals surface area contributed by atoms with Crippen LogP contribution in [-0.2, 0) is 9.59 Å². The number of carbonyl (C=O) groups is 4. The van der Waals surface area contributed by atoms with Crippen LogP contribution >= 0.6 is 23.2 Å². The number of fused-ring (bicyclic) bond motifs is 2. The molecule has 6 rings (SSSR count). The molecular weight excluding hydrogens is 847 g/mol. The molecule has 0 aliphatic carbocycles. The van der Waals surface area contributed by atoms with E-state index < -0.39 is 12.1 Å². The Morgan fingerprint density at radius 2 is 0.891 bits per heavy atom. The maximum atomic E-state index is 13.4. The van der Waals surface area contributed by atoms with E-state index in [-0.39, 0.29) is 59.8 Å². The number of para-hydroxylation sites is 2. The van der Waals surface area contributed by atoms with Gasteiger partial charge in [0, 0.05) is 37.0 Å². The molecule has 2 heterocycles. The number of nitrogens with zero attached hydrogens (tertiary/aromatic N) is 2. The van der Waals surface area contributed by atoms with E-state index in [4.69, 9.17) is 32.7 Å². The summed E-state index contributed by atoms with van der Waals surface area (Å²) in [5.41, 5.74) is 2.75. The molecule has 0 aromatic heterocycles. The summed E-state index contributed by atoms with van der Waals surface area (Å²) >= 11 is 12.4. The van der Waals surface area contributed by atoms with Gasteiger partial charge in [0.25, 0.3) is 11.8 Å². The molecule has 0 saturated carbocycles. The fourth-order valence-electron chi connectivity index (χ4n) is 8.06. The highest BCUT2D eigenvalue weighted by Gasteiger charge is 2.35. The van der Waals surface area contributed by atoms with Crippen molar-refractivity contribution in [1.82, 2.24) is 20.4 Å². The average molecular weight is 910 g/mol. The summed E-state index contributed by atoms with van der Waals surface area (Å²) in [4.78, 5) is 56.7. The lowest BCUT2D eigenvalue weighted by molar-refractivity contribution is -0.128. The molecule has 0 fully saturated rings. The SMILES string of the molecule is CC(C)[C@@H]1C(=O)N[C@H](c2cccc(Cl)c2)C/C=C/C[C@@H](C)Oc2ccccc2C(=O)N1C.CC(C)[C@@H]1C(=O)N[C@H](c2cccc(Cl)c2)C/C=C\C[C@@H](C)Oc2ccccc2C(=O)N1C. The fourth-order valence-corrected chi connectivity index (χ4v) is 8.46. The summed E-state index contributed by atoms with van der Waals surface area (Å²) in [5.74, 6) is 0.0149. The van der Waals surface area contributed by atoms with Gasteiger partial charge >= 0.3 is 0 Å². The Morgan fingerprint density at radius 1 is 0.531 bits per heavy atom. The van der Waals surface area contributed by atoms with Gasteiger partial charge in [-0.1, -0.05) is 124 Å². The zero-order valence-electron chi connectivity index (χ0n) is 38.1. The van der Waals surface area contributed by atoms with Gasteiger partial charge in [0.05, 0.1) is 35.4 Å². The van der Waals surface area contributed by atoms with E-state index in [1.807, 2.05) is 102 Å². The molecule has 2 N–H and O–H groups in total. The van der Waals surface area contributed by atoms with Gasteiger partial charge in [-0.05, 0) is 98.2 Å². The summed E-state index contributed by atoms with van der Waals surface area (Å²) < 4.78 is 12.2. The number of nitrogens with one attached hydrogen (secondary N) is 2. The molecule has 0 saturated heterocycles. The minimum atomic E-state index is -0.637. The molecule has 0 spiro atoms. The Hall–Kier alpha value is -5.58. The third kappa shape index (κ3) is 13.2. The standard InChI is InChI=1S/2C26H31ClN2O3/c2*1-17(2)24-25(30)28-22(19-11-9-12-20(27)16-19)14-7-5-10-18(3)32-23-15-8-6-13-21(23)26(31)29(24)4/h2*5-9,11-13,15-18,22,24H,10,14H2,1-4H3,(H,28,30)/b7-5+;7-5-/t2*18-,22+,24-/m11/s1. The molecule has 4 amide bonds. The molecule has 4 aromatic rings. The van der Waals surface area contributed by atoms with E-state index >= 15 is 0 Å². The van der Waals surface area contributed by atoms with E-state index in [2.05, 4.69) is 34.9 Å². The lowest BCUT2D eigenvalue weighted by Gasteiger charge is -2.32. The Bertz CT molecular complexity index is 2140. The van der Waals surface area contributed by atoms with Crippen molar-refractivity contribution in [2.24, 2.45) is 11.8 Å². The minimum absolute atomic E-state index is 0.0839. The van der Waals surface area contributed by atoms with E-state index in [0.717, 1.165) is 11.1 Å². The highest BCUT2D eigenvalue weighted by Crippen LogP contribution is 2.29. The van der Waals surface area contributed by atoms with Crippen molar-refractivity contribution < 1.29 is 28.7 Å². The first-order chi connectivity index (χ1) is 30.5. The first-order valence-electron chi connectivity index (χ1n) is 22.0. The second-order valence-corrected chi connectivity index (χ2v) is 18.0. The van der Waals surface area contributed by atoms with Crippen molar-refractivity contribution in [2.75, 3.05) is 14.1 Å². The third-order valence-corrected chi connectivity index (χ3v) is 11.8. The van der Waals surface area contributed by atoms with Crippen molar-refractivity contribution >= 4 is 46.8 Å². The van der Waals surface area contributed by atoms with Gasteiger partial charge in [-0.3, -0.25) is 19.2 Å². The predicted octanol–water partition coefficient (Wildman–Crippen LogP) is 10.8. The van der Waals surface area contributed by atoms with Gasteiger partial charge in [0.1, 0.15) is 23.6 Å². The van der Waals surface area contributed by atoms with Crippen LogP contribution in [0.1, 0.15) is 111 Å². The molecule has 0 radical (unpaired) electrons. The lowest BCUT2D eigenvalue weighted by Crippen LogP contribution is -2.51. The molecule has 4 aromatic carbocycles. The van der Waals surface area contributed by atoms with Gasteiger partial charge in [-0.25, -0.2) is 0 Å². The normalized spacial score (nSPS) is 23.7. The van der Waals surface area contributed by atoms with Crippen molar-refractivity contribution in [3.8, 4) is 11.5 Å². The van der Waals surface area contributed by atoms with Crippen molar-refractivity contribution in [2.45, 2.75) is 104 Å². The molecule has 12 heteroatoms. The number of halogens is 2. The quantitative estimate of drug-likeness (QED) is 0.197. The summed E-state index contributed by atoms with van der Waals surface area (Å²) in [6.07, 6.45) is 10.6. The number of ether oxygens (including phenoxy) is 2. The fraction of sp³-hybridized carbons (Fsp3) is 0.385. The third-order valence-electron chi connectivity index (χ3n) is 11.3. The Labute approximate surface area is 389 Å². The van der Waals surface area contributed by atoms with Gasteiger partial charge < -0.3 is 29.9 Å². The summed E-state index contributed by atoms with van der Waals surface area (Å²) in [6, 6.07) is 27.6. The highest BCUT2D eigenvalue weighted by atomic mass is 35.5. The van der Waals surface area contributed by atoms with Gasteiger partial charge in [-0.15, -0.1) is 0 Å². The molecule has 10 nitrogen and oxygen atoms in total. The van der Waals surface area contributed by atoms with E-state index in [9.17, 15) is 19.2 Å². The summed E-state index contributed by atoms with van der Waals surface area (Å²) in [6.45, 7) is 11.7. The molecule has 2 aliphatic heterocycles. The van der Waals surface area contributed by atoms with Crippen LogP contribution in [0.15, 0.2) is 121 Å². The monoisotopic (exact) mass is 908 g/mol. The number of hydrogen-bond acceptors (Lipinski definition) is 6. The second kappa shape index (κ2) is 23.4. The topological polar surface area (TPSA) is 117 Å². The number of rotatable bonds is 4. The number of hydrogen-bond donors (Lipinski definition) is 2. The van der Waals surface area contributed by atoms with Crippen LogP contribution in [0.5, 0.6) is 11.5 Å². The Balaban J connectivity index is 0.000000241. The molecule has 0 unspecified atom stereocenters. The van der Waals surface area contributed by atoms with Crippen LogP contribution < -0.4 is 20.1 Å². The second-order valence-electron chi connectivity index (χ2n) is 17.2. The van der Waals surface area contributed by atoms with Crippen molar-refractivity contribution in [1.29, 1.82) is 0 Å². The lowest BCUT2D eigenvalue weighted by atomic mass is 9.98. The van der Waals surface area contributed by atoms with Crippen LogP contribution in [-0.4, -0.2) is 71.8 Å². The molecule has 2 aliphatic rings. The van der Waals surface area contributed by atoms with Gasteiger partial charge in [0.15, 0.2) is 0 Å². The first-order valence-corrected chi connectivity index (χ1v) is 22.8. The van der Waals surface area contributed by atoms with Gasteiger partial charge in [0.2, 0.25) is 11.8 Å². The van der Waals surface area contributed by atoms with Gasteiger partial charge in [-0.2, -0.15) is 0 Å². The number of likely N-dealkylation sites (N-methyl/N-ethyl adjacent to an activating group) is 2. The van der Waals surface area contributed by atoms with E-state index in [1.54, 1.807) is 50.5 Å². The predicted molar refractivity (Wildman–Crippen MR) is 256 cm³/mol. The highest BCUT2D eigenvalue weighted by molar-refractivity contribution is 6.30. The molecule has 6 atom stereocenters. The number of amides is 4. The maximum absolute atomic E-state index is 13.4. The van der Waals surface area contributed by atoms with Crippen molar-refractivity contribution in [3.63, 3.8) is 0 Å². The molecular formula is C52H62Cl2N4O6. The molecule has 340 valence electrons. The van der Waals surface area contributed by atoms with E-state index in [1.165, 1.54) is 9.80 Å². The summed E-state index contributed by atoms with van der Waals surface area (Å²) in [5, 5.41) is 7.55. The Morgan fingerprint density at radius 3 is 1.25 bits per heavy atom. The average Bonchev–Trinajstić information content (AvgIpc) is 3.25. The van der Waals surface area contributed by atoms with Crippen LogP contribution in [0, 0.1) is 11.8 Å². The maximum Gasteiger partial charge on any atom is 0.258 e. The number of carbonyl (C=O) groups excluding carboxylic acids is 4. The summed E-state index contributed by atoms with van der Waals surface area (Å²) in [7, 11) is 3.35. The zero-order chi connectivity index (χ0) is 46.5. The van der Waals surface area contributed by atoms with Crippen LogP contribution in [0.3, 0.4) is 0 Å². The smallest absolute Gasteiger partial charge is 0.258 e. The van der Waals surface area contributed by atoms with Crippen LogP contribution in [0.4, 0.5) is 0 Å². The minimum Gasteiger partial charge on any atom is -0.490 e. The number of benzene rings is 4. The molecule has 0 bridgehead atoms. The van der Waals surface area contributed by atoms with E-state index in [0.29, 0.717) is 58.4 Å². The Kier molecular flexibility index (Phi) is 18.1. The zero-order valence-corrected chi connectivity index (χ0v) is 39.6.